The number of aromatic nitrogens is 2. The minimum Gasteiger partial charge on any atom is -0.369 e. The summed E-state index contributed by atoms with van der Waals surface area (Å²) in [6.45, 7) is 1.40. The molecule has 5 aliphatic rings. The van der Waals surface area contributed by atoms with E-state index in [-0.39, 0.29) is 16.5 Å². The maximum atomic E-state index is 13.4. The van der Waals surface area contributed by atoms with Crippen LogP contribution in [0.4, 0.5) is 10.2 Å². The van der Waals surface area contributed by atoms with Gasteiger partial charge in [0.05, 0.1) is 17.3 Å². The highest BCUT2D eigenvalue weighted by Gasteiger charge is 2.50. The Morgan fingerprint density at radius 3 is 2.48 bits per heavy atom. The standard InChI is InChI=1S/C24H28ClFN4O2S/c25-20-8-18(26)1-2-22(20)33(31,32)30-4-3-19-21(12-30)28-14-29-23(19)27-13-24-9-15-5-16(10-24)7-17(6-15)11-24/h1-2,8,14-17H,3-7,9-13H2,(H,27,28,29). The average molecular weight is 491 g/mol. The van der Waals surface area contributed by atoms with E-state index in [9.17, 15) is 12.8 Å². The van der Waals surface area contributed by atoms with E-state index >= 15 is 0 Å². The molecule has 2 heterocycles. The number of fused-ring (bicyclic) bond motifs is 1. The summed E-state index contributed by atoms with van der Waals surface area (Å²) >= 11 is 6.05. The van der Waals surface area contributed by atoms with Gasteiger partial charge in [-0.3, -0.25) is 0 Å². The van der Waals surface area contributed by atoms with E-state index in [1.807, 2.05) is 0 Å². The molecule has 0 radical (unpaired) electrons. The van der Waals surface area contributed by atoms with E-state index < -0.39 is 15.8 Å². The number of nitrogens with one attached hydrogen (secondary N) is 1. The smallest absolute Gasteiger partial charge is 0.244 e. The maximum absolute atomic E-state index is 13.4. The van der Waals surface area contributed by atoms with Crippen LogP contribution in [0.5, 0.6) is 0 Å². The van der Waals surface area contributed by atoms with Gasteiger partial charge in [-0.15, -0.1) is 0 Å². The molecule has 4 aliphatic carbocycles. The van der Waals surface area contributed by atoms with Gasteiger partial charge in [0.1, 0.15) is 22.9 Å². The van der Waals surface area contributed by atoms with E-state index in [0.717, 1.165) is 47.8 Å². The third-order valence-electron chi connectivity index (χ3n) is 8.28. The predicted molar refractivity (Wildman–Crippen MR) is 124 cm³/mol. The van der Waals surface area contributed by atoms with Crippen molar-refractivity contribution in [3.05, 3.63) is 46.6 Å². The quantitative estimate of drug-likeness (QED) is 0.660. The molecule has 33 heavy (non-hydrogen) atoms. The summed E-state index contributed by atoms with van der Waals surface area (Å²) in [6, 6.07) is 3.37. The number of halogens is 2. The lowest BCUT2D eigenvalue weighted by molar-refractivity contribution is -0.0444. The average Bonchev–Trinajstić information content (AvgIpc) is 2.76. The van der Waals surface area contributed by atoms with Gasteiger partial charge < -0.3 is 5.32 Å². The van der Waals surface area contributed by atoms with Gasteiger partial charge in [-0.2, -0.15) is 4.31 Å². The van der Waals surface area contributed by atoms with Crippen molar-refractivity contribution in [2.45, 2.75) is 56.4 Å². The minimum atomic E-state index is -3.85. The van der Waals surface area contributed by atoms with Crippen molar-refractivity contribution in [1.82, 2.24) is 14.3 Å². The fraction of sp³-hybridized carbons (Fsp3) is 0.583. The lowest BCUT2D eigenvalue weighted by atomic mass is 9.49. The Bertz CT molecular complexity index is 1170. The zero-order chi connectivity index (χ0) is 22.8. The van der Waals surface area contributed by atoms with Crippen molar-refractivity contribution in [3.63, 3.8) is 0 Å². The number of sulfonamides is 1. The molecule has 0 unspecified atom stereocenters. The van der Waals surface area contributed by atoms with Crippen LogP contribution in [0.1, 0.15) is 49.8 Å². The third-order valence-corrected chi connectivity index (χ3v) is 10.6. The molecule has 4 saturated carbocycles. The molecular weight excluding hydrogens is 463 g/mol. The molecule has 4 bridgehead atoms. The summed E-state index contributed by atoms with van der Waals surface area (Å²) in [5.74, 6) is 2.97. The molecule has 0 atom stereocenters. The first kappa shape index (κ1) is 21.7. The van der Waals surface area contributed by atoms with E-state index in [1.54, 1.807) is 0 Å². The number of anilines is 1. The van der Waals surface area contributed by atoms with Gasteiger partial charge in [0, 0.05) is 18.7 Å². The van der Waals surface area contributed by atoms with Crippen LogP contribution in [-0.4, -0.2) is 35.8 Å². The topological polar surface area (TPSA) is 75.2 Å². The van der Waals surface area contributed by atoms with Crippen LogP contribution in [0.3, 0.4) is 0 Å². The molecule has 0 amide bonds. The van der Waals surface area contributed by atoms with Crippen LogP contribution in [0.25, 0.3) is 0 Å². The molecule has 7 rings (SSSR count). The van der Waals surface area contributed by atoms with Gasteiger partial charge >= 0.3 is 0 Å². The fourth-order valence-electron chi connectivity index (χ4n) is 7.29. The Labute approximate surface area is 199 Å². The van der Waals surface area contributed by atoms with Gasteiger partial charge in [0.2, 0.25) is 10.0 Å². The molecule has 2 aromatic rings. The van der Waals surface area contributed by atoms with E-state index in [4.69, 9.17) is 11.6 Å². The van der Waals surface area contributed by atoms with Crippen molar-refractivity contribution >= 4 is 27.4 Å². The lowest BCUT2D eigenvalue weighted by Crippen LogP contribution is -2.49. The second-order valence-corrected chi connectivity index (χ2v) is 12.9. The molecule has 4 fully saturated rings. The first-order valence-corrected chi connectivity index (χ1v) is 13.6. The van der Waals surface area contributed by atoms with Crippen LogP contribution >= 0.6 is 11.6 Å². The number of hydrogen-bond donors (Lipinski definition) is 1. The van der Waals surface area contributed by atoms with Crippen LogP contribution in [0.15, 0.2) is 29.4 Å². The van der Waals surface area contributed by atoms with Gasteiger partial charge in [0.15, 0.2) is 0 Å². The number of nitrogens with zero attached hydrogens (tertiary/aromatic N) is 3. The Balaban J connectivity index is 1.20. The highest BCUT2D eigenvalue weighted by molar-refractivity contribution is 7.89. The summed E-state index contributed by atoms with van der Waals surface area (Å²) in [7, 11) is -3.85. The molecule has 1 aromatic carbocycles. The van der Waals surface area contributed by atoms with E-state index in [2.05, 4.69) is 15.3 Å². The molecule has 1 aromatic heterocycles. The molecule has 6 nitrogen and oxygen atoms in total. The summed E-state index contributed by atoms with van der Waals surface area (Å²) in [5.41, 5.74) is 2.10. The van der Waals surface area contributed by atoms with Crippen LogP contribution < -0.4 is 5.32 Å². The predicted octanol–water partition coefficient (Wildman–Crippen LogP) is 4.64. The van der Waals surface area contributed by atoms with Gasteiger partial charge in [-0.05, 0) is 86.3 Å². The van der Waals surface area contributed by atoms with Crippen molar-refractivity contribution in [3.8, 4) is 0 Å². The monoisotopic (exact) mass is 490 g/mol. The minimum absolute atomic E-state index is 0.0803. The molecule has 176 valence electrons. The molecule has 0 saturated heterocycles. The first-order valence-electron chi connectivity index (χ1n) is 11.8. The largest absolute Gasteiger partial charge is 0.369 e. The van der Waals surface area contributed by atoms with Gasteiger partial charge in [-0.25, -0.2) is 22.8 Å². The molecule has 1 N–H and O–H groups in total. The fourth-order valence-corrected chi connectivity index (χ4v) is 9.20. The van der Waals surface area contributed by atoms with Gasteiger partial charge in [-0.1, -0.05) is 11.6 Å². The Kier molecular flexibility index (Phi) is 5.20. The van der Waals surface area contributed by atoms with Crippen molar-refractivity contribution in [2.24, 2.45) is 23.2 Å². The molecule has 0 spiro atoms. The highest BCUT2D eigenvalue weighted by Crippen LogP contribution is 2.60. The summed E-state index contributed by atoms with van der Waals surface area (Å²) < 4.78 is 41.1. The normalized spacial score (nSPS) is 30.9. The van der Waals surface area contributed by atoms with Crippen molar-refractivity contribution in [2.75, 3.05) is 18.4 Å². The Hall–Kier alpha value is -1.77. The van der Waals surface area contributed by atoms with Crippen molar-refractivity contribution in [1.29, 1.82) is 0 Å². The van der Waals surface area contributed by atoms with Crippen LogP contribution in [-0.2, 0) is 23.0 Å². The second kappa shape index (κ2) is 7.89. The summed E-state index contributed by atoms with van der Waals surface area (Å²) in [4.78, 5) is 8.84. The van der Waals surface area contributed by atoms with Crippen LogP contribution in [0.2, 0.25) is 5.02 Å². The first-order chi connectivity index (χ1) is 15.8. The van der Waals surface area contributed by atoms with Crippen LogP contribution in [0, 0.1) is 29.0 Å². The number of hydrogen-bond acceptors (Lipinski definition) is 5. The highest BCUT2D eigenvalue weighted by atomic mass is 35.5. The Morgan fingerprint density at radius 2 is 1.82 bits per heavy atom. The maximum Gasteiger partial charge on any atom is 0.244 e. The third kappa shape index (κ3) is 3.84. The lowest BCUT2D eigenvalue weighted by Gasteiger charge is -2.57. The summed E-state index contributed by atoms with van der Waals surface area (Å²) in [5, 5.41) is 3.54. The van der Waals surface area contributed by atoms with E-state index in [0.29, 0.717) is 24.1 Å². The second-order valence-electron chi connectivity index (χ2n) is 10.6. The molecule has 1 aliphatic heterocycles. The Morgan fingerprint density at radius 1 is 1.12 bits per heavy atom. The van der Waals surface area contributed by atoms with E-state index in [1.165, 1.54) is 55.2 Å². The van der Waals surface area contributed by atoms with Crippen molar-refractivity contribution < 1.29 is 12.8 Å². The molecular formula is C24H28ClFN4O2S. The molecule has 9 heteroatoms. The SMILES string of the molecule is O=S(=O)(c1ccc(F)cc1Cl)N1CCc2c(ncnc2NCC23CC4CC(CC(C4)C2)C3)C1. The number of benzene rings is 1. The van der Waals surface area contributed by atoms with Gasteiger partial charge in [0.25, 0.3) is 0 Å². The number of rotatable bonds is 5. The zero-order valence-electron chi connectivity index (χ0n) is 18.4. The summed E-state index contributed by atoms with van der Waals surface area (Å²) in [6.07, 6.45) is 10.3. The zero-order valence-corrected chi connectivity index (χ0v) is 20.0.